The summed E-state index contributed by atoms with van der Waals surface area (Å²) in [6, 6.07) is 13.6. The zero-order valence-corrected chi connectivity index (χ0v) is 16.9. The molecular formula is C22H25N3O4. The van der Waals surface area contributed by atoms with E-state index < -0.39 is 0 Å². The first-order valence-corrected chi connectivity index (χ1v) is 9.62. The molecule has 7 heteroatoms. The van der Waals surface area contributed by atoms with Crippen molar-refractivity contribution >= 4 is 0 Å². The second kappa shape index (κ2) is 8.53. The molecule has 0 saturated carbocycles. The van der Waals surface area contributed by atoms with Crippen LogP contribution in [0.2, 0.25) is 0 Å². The predicted octanol–water partition coefficient (Wildman–Crippen LogP) is 3.75. The Labute approximate surface area is 170 Å². The normalized spacial score (nSPS) is 16.7. The molecule has 0 unspecified atom stereocenters. The Hall–Kier alpha value is -3.06. The lowest BCUT2D eigenvalue weighted by atomic mass is 10.1. The molecule has 0 amide bonds. The molecule has 152 valence electrons. The van der Waals surface area contributed by atoms with E-state index in [1.165, 1.54) is 0 Å². The Kier molecular flexibility index (Phi) is 5.67. The molecule has 1 aliphatic heterocycles. The van der Waals surface area contributed by atoms with Gasteiger partial charge < -0.3 is 18.7 Å². The zero-order chi connectivity index (χ0) is 20.2. The van der Waals surface area contributed by atoms with Gasteiger partial charge in [0, 0.05) is 24.2 Å². The minimum absolute atomic E-state index is 0.221. The van der Waals surface area contributed by atoms with Crippen molar-refractivity contribution in [3.05, 3.63) is 53.9 Å². The van der Waals surface area contributed by atoms with Crippen LogP contribution in [-0.4, -0.2) is 49.5 Å². The van der Waals surface area contributed by atoms with E-state index in [1.54, 1.807) is 21.3 Å². The van der Waals surface area contributed by atoms with Crippen molar-refractivity contribution < 1.29 is 18.7 Å². The Morgan fingerprint density at radius 2 is 1.93 bits per heavy atom. The van der Waals surface area contributed by atoms with E-state index in [2.05, 4.69) is 21.1 Å². The lowest BCUT2D eigenvalue weighted by Crippen LogP contribution is -2.20. The van der Waals surface area contributed by atoms with E-state index >= 15 is 0 Å². The Morgan fingerprint density at radius 1 is 1.07 bits per heavy atom. The van der Waals surface area contributed by atoms with E-state index in [4.69, 9.17) is 18.7 Å². The lowest BCUT2D eigenvalue weighted by Gasteiger charge is -2.18. The molecule has 7 nitrogen and oxygen atoms in total. The molecule has 4 rings (SSSR count). The number of hydrogen-bond donors (Lipinski definition) is 0. The van der Waals surface area contributed by atoms with Gasteiger partial charge in [0.05, 0.1) is 27.2 Å². The van der Waals surface area contributed by atoms with Gasteiger partial charge in [0.25, 0.3) is 0 Å². The standard InChI is InChI=1S/C22H25N3O4/c1-26-18-8-4-6-15(12-18)21-23-22(29-24-21)17-10-11-25(14-17)13-16-7-5-9-19(27-2)20(16)28-3/h4-9,12,17H,10-11,13-14H2,1-3H3/t17-/m0/s1. The van der Waals surface area contributed by atoms with Crippen LogP contribution in [0.25, 0.3) is 11.4 Å². The first kappa shape index (κ1) is 19.3. The van der Waals surface area contributed by atoms with Crippen LogP contribution >= 0.6 is 0 Å². The second-order valence-electron chi connectivity index (χ2n) is 7.06. The summed E-state index contributed by atoms with van der Waals surface area (Å²) < 4.78 is 21.8. The molecule has 0 N–H and O–H groups in total. The predicted molar refractivity (Wildman–Crippen MR) is 108 cm³/mol. The van der Waals surface area contributed by atoms with Gasteiger partial charge in [-0.1, -0.05) is 29.4 Å². The molecule has 2 heterocycles. The molecule has 0 spiro atoms. The third-order valence-electron chi connectivity index (χ3n) is 5.27. The Balaban J connectivity index is 1.45. The summed E-state index contributed by atoms with van der Waals surface area (Å²) in [7, 11) is 4.97. The van der Waals surface area contributed by atoms with Crippen molar-refractivity contribution in [3.63, 3.8) is 0 Å². The number of methoxy groups -OCH3 is 3. The number of rotatable bonds is 7. The summed E-state index contributed by atoms with van der Waals surface area (Å²) in [6.45, 7) is 2.61. The fraction of sp³-hybridized carbons (Fsp3) is 0.364. The molecule has 1 aromatic heterocycles. The molecule has 1 atom stereocenters. The van der Waals surface area contributed by atoms with E-state index in [9.17, 15) is 0 Å². The quantitative estimate of drug-likeness (QED) is 0.603. The smallest absolute Gasteiger partial charge is 0.231 e. The number of ether oxygens (including phenoxy) is 3. The van der Waals surface area contributed by atoms with Gasteiger partial charge in [-0.05, 0) is 31.2 Å². The maximum absolute atomic E-state index is 5.58. The van der Waals surface area contributed by atoms with E-state index in [-0.39, 0.29) is 5.92 Å². The van der Waals surface area contributed by atoms with Crippen molar-refractivity contribution in [2.75, 3.05) is 34.4 Å². The molecule has 1 aliphatic rings. The van der Waals surface area contributed by atoms with Crippen molar-refractivity contribution in [3.8, 4) is 28.6 Å². The summed E-state index contributed by atoms with van der Waals surface area (Å²) in [4.78, 5) is 7.01. The van der Waals surface area contributed by atoms with Crippen LogP contribution in [0.4, 0.5) is 0 Å². The molecule has 0 radical (unpaired) electrons. The minimum Gasteiger partial charge on any atom is -0.497 e. The third kappa shape index (κ3) is 4.05. The first-order chi connectivity index (χ1) is 14.2. The second-order valence-corrected chi connectivity index (χ2v) is 7.06. The first-order valence-electron chi connectivity index (χ1n) is 9.62. The molecule has 0 bridgehead atoms. The van der Waals surface area contributed by atoms with E-state index in [0.717, 1.165) is 54.4 Å². The zero-order valence-electron chi connectivity index (χ0n) is 16.9. The molecule has 29 heavy (non-hydrogen) atoms. The van der Waals surface area contributed by atoms with Crippen molar-refractivity contribution in [2.45, 2.75) is 18.9 Å². The maximum Gasteiger partial charge on any atom is 0.231 e. The van der Waals surface area contributed by atoms with Crippen LogP contribution in [0, 0.1) is 0 Å². The number of nitrogens with zero attached hydrogens (tertiary/aromatic N) is 3. The number of benzene rings is 2. The average Bonchev–Trinajstić information content (AvgIpc) is 3.43. The monoisotopic (exact) mass is 395 g/mol. The van der Waals surface area contributed by atoms with Crippen molar-refractivity contribution in [2.24, 2.45) is 0 Å². The fourth-order valence-electron chi connectivity index (χ4n) is 3.78. The van der Waals surface area contributed by atoms with Crippen molar-refractivity contribution in [1.82, 2.24) is 15.0 Å². The summed E-state index contributed by atoms with van der Waals surface area (Å²) >= 11 is 0. The fourth-order valence-corrected chi connectivity index (χ4v) is 3.78. The van der Waals surface area contributed by atoms with Gasteiger partial charge >= 0.3 is 0 Å². The summed E-state index contributed by atoms with van der Waals surface area (Å²) in [5.41, 5.74) is 1.99. The topological polar surface area (TPSA) is 69.9 Å². The third-order valence-corrected chi connectivity index (χ3v) is 5.27. The van der Waals surface area contributed by atoms with Gasteiger partial charge in [-0.15, -0.1) is 0 Å². The van der Waals surface area contributed by atoms with Gasteiger partial charge in [0.1, 0.15) is 5.75 Å². The van der Waals surface area contributed by atoms with E-state index in [1.807, 2.05) is 36.4 Å². The molecular weight excluding hydrogens is 370 g/mol. The van der Waals surface area contributed by atoms with Crippen LogP contribution in [0.15, 0.2) is 47.0 Å². The van der Waals surface area contributed by atoms with Gasteiger partial charge in [-0.3, -0.25) is 4.90 Å². The molecule has 3 aromatic rings. The number of likely N-dealkylation sites (tertiary alicyclic amines) is 1. The minimum atomic E-state index is 0.221. The molecule has 2 aromatic carbocycles. The van der Waals surface area contributed by atoms with Gasteiger partial charge in [0.2, 0.25) is 11.7 Å². The highest BCUT2D eigenvalue weighted by molar-refractivity contribution is 5.56. The molecule has 1 fully saturated rings. The Morgan fingerprint density at radius 3 is 2.72 bits per heavy atom. The summed E-state index contributed by atoms with van der Waals surface area (Å²) in [5, 5.41) is 4.17. The molecule has 0 aliphatic carbocycles. The van der Waals surface area contributed by atoms with Crippen LogP contribution < -0.4 is 14.2 Å². The van der Waals surface area contributed by atoms with Crippen LogP contribution in [0.1, 0.15) is 23.8 Å². The Bertz CT molecular complexity index is 972. The van der Waals surface area contributed by atoms with E-state index in [0.29, 0.717) is 11.7 Å². The van der Waals surface area contributed by atoms with Crippen molar-refractivity contribution in [1.29, 1.82) is 0 Å². The van der Waals surface area contributed by atoms with Gasteiger partial charge in [-0.25, -0.2) is 0 Å². The number of aromatic nitrogens is 2. The maximum atomic E-state index is 5.58. The lowest BCUT2D eigenvalue weighted by molar-refractivity contribution is 0.298. The largest absolute Gasteiger partial charge is 0.497 e. The average molecular weight is 395 g/mol. The highest BCUT2D eigenvalue weighted by Crippen LogP contribution is 2.34. The van der Waals surface area contributed by atoms with Gasteiger partial charge in [0.15, 0.2) is 11.5 Å². The summed E-state index contributed by atoms with van der Waals surface area (Å²) in [6.07, 6.45) is 0.978. The number of hydrogen-bond acceptors (Lipinski definition) is 7. The number of para-hydroxylation sites is 1. The van der Waals surface area contributed by atoms with Crippen LogP contribution in [-0.2, 0) is 6.54 Å². The highest BCUT2D eigenvalue weighted by atomic mass is 16.5. The van der Waals surface area contributed by atoms with Crippen LogP contribution in [0.5, 0.6) is 17.2 Å². The van der Waals surface area contributed by atoms with Gasteiger partial charge in [-0.2, -0.15) is 4.98 Å². The SMILES string of the molecule is COc1cccc(-c2noc([C@H]3CCN(Cc4cccc(OC)c4OC)C3)n2)c1. The molecule has 1 saturated heterocycles. The van der Waals surface area contributed by atoms with Crippen LogP contribution in [0.3, 0.4) is 0 Å². The summed E-state index contributed by atoms with van der Waals surface area (Å²) in [5.74, 6) is 3.80. The highest BCUT2D eigenvalue weighted by Gasteiger charge is 2.29.